The van der Waals surface area contributed by atoms with Gasteiger partial charge in [-0.2, -0.15) is 0 Å². The summed E-state index contributed by atoms with van der Waals surface area (Å²) in [5, 5.41) is 10.3. The van der Waals surface area contributed by atoms with Crippen molar-refractivity contribution in [2.45, 2.75) is 33.0 Å². The number of aliphatic hydroxyl groups excluding tert-OH is 1. The van der Waals surface area contributed by atoms with Crippen LogP contribution in [0.3, 0.4) is 0 Å². The van der Waals surface area contributed by atoms with Crippen LogP contribution in [0.1, 0.15) is 32.4 Å². The van der Waals surface area contributed by atoms with Crippen molar-refractivity contribution in [1.82, 2.24) is 0 Å². The molecule has 0 aliphatic heterocycles. The number of rotatable bonds is 7. The summed E-state index contributed by atoms with van der Waals surface area (Å²) in [6.07, 6.45) is 1.48. The zero-order valence-corrected chi connectivity index (χ0v) is 12.4. The summed E-state index contributed by atoms with van der Waals surface area (Å²) in [6, 6.07) is 10.1. The maximum absolute atomic E-state index is 10.3. The normalized spacial score (nSPS) is 17.8. The summed E-state index contributed by atoms with van der Waals surface area (Å²) in [7, 11) is 1.71. The van der Waals surface area contributed by atoms with Crippen LogP contribution in [0.25, 0.3) is 0 Å². The third-order valence-electron chi connectivity index (χ3n) is 3.83. The molecule has 4 atom stereocenters. The van der Waals surface area contributed by atoms with E-state index in [0.717, 1.165) is 5.56 Å². The van der Waals surface area contributed by atoms with Gasteiger partial charge in [-0.3, -0.25) is 0 Å². The largest absolute Gasteiger partial charge is 0.393 e. The fourth-order valence-electron chi connectivity index (χ4n) is 2.61. The molecule has 0 aromatic heterocycles. The van der Waals surface area contributed by atoms with Gasteiger partial charge < -0.3 is 9.84 Å². The third kappa shape index (κ3) is 3.92. The second-order valence-corrected chi connectivity index (χ2v) is 5.47. The van der Waals surface area contributed by atoms with Gasteiger partial charge in [0, 0.05) is 13.0 Å². The Morgan fingerprint density at radius 3 is 2.16 bits per heavy atom. The van der Waals surface area contributed by atoms with Gasteiger partial charge in [-0.15, -0.1) is 6.58 Å². The molecule has 2 heteroatoms. The highest BCUT2D eigenvalue weighted by Crippen LogP contribution is 2.34. The van der Waals surface area contributed by atoms with Gasteiger partial charge >= 0.3 is 0 Å². The van der Waals surface area contributed by atoms with Crippen molar-refractivity contribution in [3.05, 3.63) is 48.6 Å². The van der Waals surface area contributed by atoms with Crippen LogP contribution in [0.5, 0.6) is 0 Å². The lowest BCUT2D eigenvalue weighted by atomic mass is 9.79. The van der Waals surface area contributed by atoms with E-state index in [2.05, 4.69) is 25.6 Å². The van der Waals surface area contributed by atoms with Crippen molar-refractivity contribution in [1.29, 1.82) is 0 Å². The molecule has 1 rings (SSSR count). The molecule has 1 N–H and O–H groups in total. The Hall–Kier alpha value is -1.12. The van der Waals surface area contributed by atoms with E-state index in [-0.39, 0.29) is 30.0 Å². The van der Waals surface area contributed by atoms with Crippen LogP contribution in [-0.2, 0) is 4.74 Å². The van der Waals surface area contributed by atoms with E-state index in [0.29, 0.717) is 0 Å². The fourth-order valence-corrected chi connectivity index (χ4v) is 2.61. The zero-order valence-electron chi connectivity index (χ0n) is 12.4. The van der Waals surface area contributed by atoms with Crippen LogP contribution >= 0.6 is 0 Å². The standard InChI is InChI=1S/C17H26O2/c1-6-15(13(4)16(18)12(2)3)17(19-5)14-10-8-7-9-11-14/h6-13,15-18H,1H2,2-5H3/t13-,15+,16+,17+/m0/s1. The fraction of sp³-hybridized carbons (Fsp3) is 0.529. The predicted molar refractivity (Wildman–Crippen MR) is 79.9 cm³/mol. The molecule has 1 aromatic carbocycles. The SMILES string of the molecule is C=C[C@H]([C@H](C)[C@H](O)C(C)C)[C@H](OC)c1ccccc1. The Labute approximate surface area is 117 Å². The van der Waals surface area contributed by atoms with Crippen molar-refractivity contribution in [3.63, 3.8) is 0 Å². The summed E-state index contributed by atoms with van der Waals surface area (Å²) in [6.45, 7) is 10.1. The van der Waals surface area contributed by atoms with Crippen LogP contribution in [0.15, 0.2) is 43.0 Å². The van der Waals surface area contributed by atoms with Crippen LogP contribution in [0, 0.1) is 17.8 Å². The average Bonchev–Trinajstić information content (AvgIpc) is 2.43. The maximum atomic E-state index is 10.3. The van der Waals surface area contributed by atoms with Gasteiger partial charge in [0.1, 0.15) is 0 Å². The molecule has 0 aliphatic rings. The van der Waals surface area contributed by atoms with Gasteiger partial charge in [-0.05, 0) is 17.4 Å². The Morgan fingerprint density at radius 1 is 1.16 bits per heavy atom. The van der Waals surface area contributed by atoms with Crippen molar-refractivity contribution < 1.29 is 9.84 Å². The zero-order chi connectivity index (χ0) is 14.4. The number of ether oxygens (including phenoxy) is 1. The van der Waals surface area contributed by atoms with Crippen LogP contribution in [0.4, 0.5) is 0 Å². The van der Waals surface area contributed by atoms with Crippen LogP contribution < -0.4 is 0 Å². The molecular formula is C17H26O2. The Morgan fingerprint density at radius 2 is 1.74 bits per heavy atom. The van der Waals surface area contributed by atoms with E-state index in [4.69, 9.17) is 4.74 Å². The van der Waals surface area contributed by atoms with E-state index in [1.807, 2.05) is 38.1 Å². The van der Waals surface area contributed by atoms with Crippen molar-refractivity contribution >= 4 is 0 Å². The first-order valence-electron chi connectivity index (χ1n) is 6.91. The number of benzene rings is 1. The van der Waals surface area contributed by atoms with Crippen LogP contribution in [-0.4, -0.2) is 18.3 Å². The Balaban J connectivity index is 2.96. The molecule has 0 heterocycles. The number of hydrogen-bond acceptors (Lipinski definition) is 2. The lowest BCUT2D eigenvalue weighted by Gasteiger charge is -2.33. The van der Waals surface area contributed by atoms with Gasteiger partial charge in [-0.25, -0.2) is 0 Å². The van der Waals surface area contributed by atoms with E-state index in [1.165, 1.54) is 0 Å². The average molecular weight is 262 g/mol. The van der Waals surface area contributed by atoms with Crippen molar-refractivity contribution in [2.75, 3.05) is 7.11 Å². The molecule has 0 bridgehead atoms. The molecule has 0 fully saturated rings. The molecule has 106 valence electrons. The van der Waals surface area contributed by atoms with Gasteiger partial charge in [0.2, 0.25) is 0 Å². The van der Waals surface area contributed by atoms with Crippen LogP contribution in [0.2, 0.25) is 0 Å². The molecule has 0 aliphatic carbocycles. The molecule has 2 nitrogen and oxygen atoms in total. The summed E-state index contributed by atoms with van der Waals surface area (Å²) >= 11 is 0. The molecular weight excluding hydrogens is 236 g/mol. The van der Waals surface area contributed by atoms with Gasteiger partial charge in [0.15, 0.2) is 0 Å². The summed E-state index contributed by atoms with van der Waals surface area (Å²) < 4.78 is 5.66. The van der Waals surface area contributed by atoms with Gasteiger partial charge in [0.25, 0.3) is 0 Å². The third-order valence-corrected chi connectivity index (χ3v) is 3.83. The molecule has 0 radical (unpaired) electrons. The molecule has 0 amide bonds. The topological polar surface area (TPSA) is 29.5 Å². The smallest absolute Gasteiger partial charge is 0.0887 e. The van der Waals surface area contributed by atoms with Gasteiger partial charge in [0.05, 0.1) is 12.2 Å². The highest BCUT2D eigenvalue weighted by atomic mass is 16.5. The van der Waals surface area contributed by atoms with Gasteiger partial charge in [-0.1, -0.05) is 57.2 Å². The first-order valence-corrected chi connectivity index (χ1v) is 6.91. The molecule has 1 aromatic rings. The van der Waals surface area contributed by atoms with E-state index < -0.39 is 0 Å². The predicted octanol–water partition coefficient (Wildman–Crippen LogP) is 3.83. The second kappa shape index (κ2) is 7.46. The molecule has 0 unspecified atom stereocenters. The number of methoxy groups -OCH3 is 1. The molecule has 0 saturated heterocycles. The van der Waals surface area contributed by atoms with Crippen molar-refractivity contribution in [3.8, 4) is 0 Å². The minimum Gasteiger partial charge on any atom is -0.393 e. The molecule has 19 heavy (non-hydrogen) atoms. The lowest BCUT2D eigenvalue weighted by molar-refractivity contribution is -0.00742. The highest BCUT2D eigenvalue weighted by molar-refractivity contribution is 5.20. The maximum Gasteiger partial charge on any atom is 0.0887 e. The highest BCUT2D eigenvalue weighted by Gasteiger charge is 2.31. The summed E-state index contributed by atoms with van der Waals surface area (Å²) in [5.74, 6) is 0.415. The van der Waals surface area contributed by atoms with E-state index in [1.54, 1.807) is 7.11 Å². The van der Waals surface area contributed by atoms with E-state index in [9.17, 15) is 5.11 Å². The second-order valence-electron chi connectivity index (χ2n) is 5.47. The quantitative estimate of drug-likeness (QED) is 0.757. The van der Waals surface area contributed by atoms with Crippen molar-refractivity contribution in [2.24, 2.45) is 17.8 Å². The summed E-state index contributed by atoms with van der Waals surface area (Å²) in [5.41, 5.74) is 1.12. The minimum absolute atomic E-state index is 0.0675. The molecule has 0 spiro atoms. The Kier molecular flexibility index (Phi) is 6.26. The lowest BCUT2D eigenvalue weighted by Crippen LogP contribution is -2.32. The first kappa shape index (κ1) is 15.9. The summed E-state index contributed by atoms with van der Waals surface area (Å²) in [4.78, 5) is 0. The first-order chi connectivity index (χ1) is 9.02. The Bertz CT molecular complexity index is 372. The number of aliphatic hydroxyl groups is 1. The minimum atomic E-state index is -0.357. The molecule has 0 saturated carbocycles. The van der Waals surface area contributed by atoms with E-state index >= 15 is 0 Å². The number of hydrogen-bond donors (Lipinski definition) is 1. The monoisotopic (exact) mass is 262 g/mol.